The molecule has 0 atom stereocenters. The number of H-pyrrole nitrogens is 1. The van der Waals surface area contributed by atoms with Crippen LogP contribution in [-0.2, 0) is 17.1 Å². The van der Waals surface area contributed by atoms with Gasteiger partial charge >= 0.3 is 0 Å². The number of aryl methyl sites for hydroxylation is 1. The number of rotatable bonds is 5. The molecule has 142 valence electrons. The highest BCUT2D eigenvalue weighted by Gasteiger charge is 2.31. The molecule has 1 fully saturated rings. The van der Waals surface area contributed by atoms with Crippen LogP contribution in [0.2, 0.25) is 0 Å². The fourth-order valence-corrected chi connectivity index (χ4v) is 4.68. The molecule has 0 amide bonds. The predicted molar refractivity (Wildman–Crippen MR) is 100 cm³/mol. The SMILES string of the molecule is Cn1cnc(S(=O)(=O)N2CCC(c3cc(Nc4ccccn4)n[nH]3)CC2)c1. The van der Waals surface area contributed by atoms with Gasteiger partial charge in [-0.1, -0.05) is 6.07 Å². The largest absolute Gasteiger partial charge is 0.339 e. The number of aromatic amines is 1. The van der Waals surface area contributed by atoms with Gasteiger partial charge in [0.1, 0.15) is 5.82 Å². The molecule has 9 nitrogen and oxygen atoms in total. The fraction of sp³-hybridized carbons (Fsp3) is 0.353. The second kappa shape index (κ2) is 7.12. The second-order valence-corrected chi connectivity index (χ2v) is 8.49. The van der Waals surface area contributed by atoms with Gasteiger partial charge in [-0.3, -0.25) is 5.10 Å². The molecular weight excluding hydrogens is 366 g/mol. The number of piperidine rings is 1. The van der Waals surface area contributed by atoms with E-state index in [1.54, 1.807) is 17.8 Å². The zero-order valence-corrected chi connectivity index (χ0v) is 15.7. The minimum absolute atomic E-state index is 0.104. The summed E-state index contributed by atoms with van der Waals surface area (Å²) in [6.45, 7) is 0.928. The van der Waals surface area contributed by atoms with E-state index in [-0.39, 0.29) is 10.9 Å². The van der Waals surface area contributed by atoms with Gasteiger partial charge in [0.15, 0.2) is 10.8 Å². The van der Waals surface area contributed by atoms with Crippen LogP contribution in [-0.4, -0.2) is 50.5 Å². The van der Waals surface area contributed by atoms with E-state index in [0.717, 1.165) is 24.4 Å². The number of hydrogen-bond donors (Lipinski definition) is 2. The third-order valence-corrected chi connectivity index (χ3v) is 6.48. The maximum Gasteiger partial charge on any atom is 0.262 e. The van der Waals surface area contributed by atoms with Crippen molar-refractivity contribution in [2.75, 3.05) is 18.4 Å². The third kappa shape index (κ3) is 3.71. The Balaban J connectivity index is 1.40. The molecule has 0 radical (unpaired) electrons. The molecule has 4 rings (SSSR count). The summed E-state index contributed by atoms with van der Waals surface area (Å²) in [5.41, 5.74) is 1.00. The van der Waals surface area contributed by atoms with Crippen LogP contribution in [0.1, 0.15) is 24.5 Å². The van der Waals surface area contributed by atoms with E-state index in [1.165, 1.54) is 16.8 Å². The molecule has 0 spiro atoms. The predicted octanol–water partition coefficient (Wildman–Crippen LogP) is 1.85. The van der Waals surface area contributed by atoms with Gasteiger partial charge in [0.2, 0.25) is 0 Å². The van der Waals surface area contributed by atoms with E-state index in [9.17, 15) is 8.42 Å². The fourth-order valence-electron chi connectivity index (χ4n) is 3.24. The van der Waals surface area contributed by atoms with Crippen LogP contribution in [0.5, 0.6) is 0 Å². The topological polar surface area (TPSA) is 109 Å². The number of imidazole rings is 1. The molecule has 0 aliphatic carbocycles. The number of nitrogens with zero attached hydrogens (tertiary/aromatic N) is 5. The first-order valence-electron chi connectivity index (χ1n) is 8.74. The highest BCUT2D eigenvalue weighted by atomic mass is 32.2. The molecule has 2 N–H and O–H groups in total. The maximum atomic E-state index is 12.7. The minimum atomic E-state index is -3.53. The van der Waals surface area contributed by atoms with Crippen LogP contribution in [0.15, 0.2) is 48.0 Å². The van der Waals surface area contributed by atoms with Gasteiger partial charge in [-0.05, 0) is 25.0 Å². The van der Waals surface area contributed by atoms with Gasteiger partial charge in [-0.2, -0.15) is 9.40 Å². The number of sulfonamides is 1. The monoisotopic (exact) mass is 387 g/mol. The van der Waals surface area contributed by atoms with Crippen LogP contribution < -0.4 is 5.32 Å². The smallest absolute Gasteiger partial charge is 0.262 e. The summed E-state index contributed by atoms with van der Waals surface area (Å²) >= 11 is 0. The van der Waals surface area contributed by atoms with Crippen LogP contribution >= 0.6 is 0 Å². The quantitative estimate of drug-likeness (QED) is 0.692. The van der Waals surface area contributed by atoms with Crippen molar-refractivity contribution >= 4 is 21.7 Å². The van der Waals surface area contributed by atoms with E-state index in [1.807, 2.05) is 24.3 Å². The Morgan fingerprint density at radius 2 is 2.00 bits per heavy atom. The molecule has 0 aromatic carbocycles. The molecule has 3 aromatic rings. The lowest BCUT2D eigenvalue weighted by Gasteiger charge is -2.29. The van der Waals surface area contributed by atoms with E-state index in [4.69, 9.17) is 0 Å². The van der Waals surface area contributed by atoms with Gasteiger partial charge in [0.25, 0.3) is 10.0 Å². The molecular formula is C17H21N7O2S. The molecule has 3 aromatic heterocycles. The lowest BCUT2D eigenvalue weighted by atomic mass is 9.95. The first-order valence-corrected chi connectivity index (χ1v) is 10.2. The van der Waals surface area contributed by atoms with Crippen LogP contribution in [0.4, 0.5) is 11.6 Å². The van der Waals surface area contributed by atoms with Crippen molar-refractivity contribution in [2.24, 2.45) is 7.05 Å². The second-order valence-electron chi connectivity index (χ2n) is 6.60. The molecule has 0 unspecified atom stereocenters. The highest BCUT2D eigenvalue weighted by Crippen LogP contribution is 2.30. The van der Waals surface area contributed by atoms with Gasteiger partial charge in [-0.25, -0.2) is 18.4 Å². The molecule has 0 bridgehead atoms. The molecule has 4 heterocycles. The number of anilines is 2. The first-order chi connectivity index (χ1) is 13.0. The minimum Gasteiger partial charge on any atom is -0.339 e. The standard InChI is InChI=1S/C17H21N7O2S/c1-23-11-17(19-12-23)27(25,26)24-8-5-13(6-9-24)14-10-16(22-21-14)20-15-4-2-3-7-18-15/h2-4,7,10-13H,5-6,8-9H2,1H3,(H2,18,20,21,22). The molecule has 27 heavy (non-hydrogen) atoms. The van der Waals surface area contributed by atoms with Crippen molar-refractivity contribution < 1.29 is 8.42 Å². The van der Waals surface area contributed by atoms with E-state index in [0.29, 0.717) is 18.9 Å². The average molecular weight is 387 g/mol. The number of nitrogens with one attached hydrogen (secondary N) is 2. The Morgan fingerprint density at radius 3 is 2.67 bits per heavy atom. The number of hydrogen-bond acceptors (Lipinski definition) is 6. The zero-order chi connectivity index (χ0) is 18.9. The van der Waals surface area contributed by atoms with Crippen molar-refractivity contribution in [1.29, 1.82) is 0 Å². The summed E-state index contributed by atoms with van der Waals surface area (Å²) in [6.07, 6.45) is 6.22. The maximum absolute atomic E-state index is 12.7. The molecule has 1 aliphatic rings. The van der Waals surface area contributed by atoms with Crippen LogP contribution in [0.3, 0.4) is 0 Å². The Kier molecular flexibility index (Phi) is 4.66. The molecule has 10 heteroatoms. The van der Waals surface area contributed by atoms with Gasteiger partial charge in [-0.15, -0.1) is 0 Å². The summed E-state index contributed by atoms with van der Waals surface area (Å²) in [5, 5.41) is 10.6. The summed E-state index contributed by atoms with van der Waals surface area (Å²) in [4.78, 5) is 8.20. The van der Waals surface area contributed by atoms with Crippen molar-refractivity contribution in [3.8, 4) is 0 Å². The lowest BCUT2D eigenvalue weighted by molar-refractivity contribution is 0.316. The first kappa shape index (κ1) is 17.7. The summed E-state index contributed by atoms with van der Waals surface area (Å²) in [7, 11) is -1.77. The lowest BCUT2D eigenvalue weighted by Crippen LogP contribution is -2.38. The van der Waals surface area contributed by atoms with Gasteiger partial charge in [0.05, 0.1) is 6.33 Å². The summed E-state index contributed by atoms with van der Waals surface area (Å²) < 4.78 is 28.5. The van der Waals surface area contributed by atoms with Crippen molar-refractivity contribution in [2.45, 2.75) is 23.8 Å². The Labute approximate surface area is 157 Å². The van der Waals surface area contributed by atoms with Crippen LogP contribution in [0.25, 0.3) is 0 Å². The average Bonchev–Trinajstić information content (AvgIpc) is 3.32. The van der Waals surface area contributed by atoms with E-state index < -0.39 is 10.0 Å². The third-order valence-electron chi connectivity index (χ3n) is 4.70. The highest BCUT2D eigenvalue weighted by molar-refractivity contribution is 7.89. The Hall–Kier alpha value is -2.72. The molecule has 0 saturated carbocycles. The number of pyridine rings is 1. The van der Waals surface area contributed by atoms with Crippen molar-refractivity contribution in [1.82, 2.24) is 29.0 Å². The van der Waals surface area contributed by atoms with Gasteiger partial charge in [0, 0.05) is 50.2 Å². The normalized spacial score (nSPS) is 16.5. The molecule has 1 saturated heterocycles. The summed E-state index contributed by atoms with van der Waals surface area (Å²) in [5.74, 6) is 1.67. The van der Waals surface area contributed by atoms with Crippen molar-refractivity contribution in [3.05, 3.63) is 48.7 Å². The van der Waals surface area contributed by atoms with E-state index in [2.05, 4.69) is 25.5 Å². The Morgan fingerprint density at radius 1 is 1.19 bits per heavy atom. The number of aromatic nitrogens is 5. The van der Waals surface area contributed by atoms with Crippen molar-refractivity contribution in [3.63, 3.8) is 0 Å². The molecule has 1 aliphatic heterocycles. The zero-order valence-electron chi connectivity index (χ0n) is 14.9. The van der Waals surface area contributed by atoms with E-state index >= 15 is 0 Å². The summed E-state index contributed by atoms with van der Waals surface area (Å²) in [6, 6.07) is 7.59. The Bertz CT molecular complexity index is 1000. The van der Waals surface area contributed by atoms with Gasteiger partial charge < -0.3 is 9.88 Å². The van der Waals surface area contributed by atoms with Crippen LogP contribution in [0, 0.1) is 0 Å².